The molecule has 7 fully saturated rings. The second-order valence-electron chi connectivity index (χ2n) is 23.3. The van der Waals surface area contributed by atoms with Gasteiger partial charge < -0.3 is 30.0 Å². The molecule has 0 bridgehead atoms. The summed E-state index contributed by atoms with van der Waals surface area (Å²) in [5.41, 5.74) is 0.755. The standard InChI is InChI=1S/C49H81N3O9S/c1-30(2)32-14-19-49(50-29-36(52-22-26-62(57,58)27-23-52)31(3)51-43(56)60-25-24-59-11)21-20-47(9)33(40(32)49)12-13-38-46(8)17-16-39(45(6,7)37(46)15-18-48(38,47)10)61-42(55)35-28-34(41(53)54)44(35,4)5/h31-40,50H,1,12-29H2,2-11H3,(H,51,56)(H,53,54)/t31-,32+,33-,34+,35-,36-,37+,38-,39+,40-,46+,47-,48-,49+/m1/s1. The van der Waals surface area contributed by atoms with Crippen LogP contribution < -0.4 is 10.6 Å². The van der Waals surface area contributed by atoms with Crippen molar-refractivity contribution in [2.24, 2.45) is 68.5 Å². The zero-order valence-corrected chi connectivity index (χ0v) is 40.6. The lowest BCUT2D eigenvalue weighted by Gasteiger charge is -2.73. The molecular formula is C49H81N3O9S. The lowest BCUT2D eigenvalue weighted by Crippen LogP contribution is -2.69. The van der Waals surface area contributed by atoms with E-state index in [2.05, 4.69) is 63.7 Å². The number of carboxylic acids is 1. The minimum atomic E-state index is -3.09. The second kappa shape index (κ2) is 16.9. The van der Waals surface area contributed by atoms with Crippen molar-refractivity contribution in [1.82, 2.24) is 15.5 Å². The van der Waals surface area contributed by atoms with Crippen LogP contribution in [0.3, 0.4) is 0 Å². The highest BCUT2D eigenvalue weighted by Gasteiger charge is 2.71. The number of nitrogens with zero attached hydrogens (tertiary/aromatic N) is 1. The maximum absolute atomic E-state index is 13.7. The molecule has 1 aliphatic heterocycles. The monoisotopic (exact) mass is 888 g/mol. The van der Waals surface area contributed by atoms with Gasteiger partial charge in [-0.15, -0.1) is 0 Å². The third-order valence-electron chi connectivity index (χ3n) is 20.1. The maximum atomic E-state index is 13.7. The van der Waals surface area contributed by atoms with Gasteiger partial charge in [0.05, 0.1) is 29.9 Å². The highest BCUT2D eigenvalue weighted by atomic mass is 32.2. The summed E-state index contributed by atoms with van der Waals surface area (Å²) in [5.74, 6) is 0.626. The van der Waals surface area contributed by atoms with E-state index in [1.165, 1.54) is 18.4 Å². The van der Waals surface area contributed by atoms with E-state index in [0.717, 1.165) is 51.4 Å². The molecule has 62 heavy (non-hydrogen) atoms. The summed E-state index contributed by atoms with van der Waals surface area (Å²) in [5, 5.41) is 17.0. The Kier molecular flexibility index (Phi) is 13.0. The molecule has 1 saturated heterocycles. The first-order chi connectivity index (χ1) is 28.9. The average molecular weight is 888 g/mol. The van der Waals surface area contributed by atoms with E-state index < -0.39 is 33.2 Å². The van der Waals surface area contributed by atoms with Crippen LogP contribution in [0.2, 0.25) is 0 Å². The van der Waals surface area contributed by atoms with Crippen LogP contribution in [0.15, 0.2) is 12.2 Å². The topological polar surface area (TPSA) is 161 Å². The smallest absolute Gasteiger partial charge is 0.407 e. The number of aliphatic carboxylic acids is 1. The van der Waals surface area contributed by atoms with Crippen LogP contribution in [0.4, 0.5) is 4.79 Å². The molecule has 0 aromatic carbocycles. The zero-order valence-electron chi connectivity index (χ0n) is 39.8. The summed E-state index contributed by atoms with van der Waals surface area (Å²) >= 11 is 0. The number of sulfone groups is 1. The molecule has 6 aliphatic carbocycles. The van der Waals surface area contributed by atoms with E-state index >= 15 is 0 Å². The van der Waals surface area contributed by atoms with Gasteiger partial charge in [0.25, 0.3) is 0 Å². The Morgan fingerprint density at radius 3 is 2.16 bits per heavy atom. The van der Waals surface area contributed by atoms with Gasteiger partial charge in [0.1, 0.15) is 12.7 Å². The van der Waals surface area contributed by atoms with E-state index in [1.54, 1.807) is 7.11 Å². The number of esters is 1. The summed E-state index contributed by atoms with van der Waals surface area (Å²) in [4.78, 5) is 40.7. The molecule has 6 saturated carbocycles. The molecule has 1 heterocycles. The minimum absolute atomic E-state index is 0.0830. The number of carbonyl (C=O) groups is 3. The van der Waals surface area contributed by atoms with Gasteiger partial charge in [-0.2, -0.15) is 0 Å². The average Bonchev–Trinajstić information content (AvgIpc) is 3.56. The first kappa shape index (κ1) is 47.7. The molecule has 7 aliphatic rings. The Labute approximate surface area is 373 Å². The van der Waals surface area contributed by atoms with Crippen molar-refractivity contribution in [2.45, 2.75) is 157 Å². The lowest BCUT2D eigenvalue weighted by atomic mass is 9.32. The molecule has 7 rings (SSSR count). The van der Waals surface area contributed by atoms with Crippen LogP contribution in [0, 0.1) is 68.5 Å². The number of allylic oxidation sites excluding steroid dienone is 1. The van der Waals surface area contributed by atoms with Crippen molar-refractivity contribution in [3.05, 3.63) is 12.2 Å². The quantitative estimate of drug-likeness (QED) is 0.0955. The molecule has 1 amide bonds. The summed E-state index contributed by atoms with van der Waals surface area (Å²) in [6.07, 6.45) is 10.6. The molecule has 12 nitrogen and oxygen atoms in total. The third kappa shape index (κ3) is 7.88. The van der Waals surface area contributed by atoms with Crippen molar-refractivity contribution in [1.29, 1.82) is 0 Å². The number of ether oxygens (including phenoxy) is 3. The molecule has 14 atom stereocenters. The van der Waals surface area contributed by atoms with Crippen molar-refractivity contribution >= 4 is 27.9 Å². The van der Waals surface area contributed by atoms with Crippen LogP contribution in [0.1, 0.15) is 133 Å². The number of hydrogen-bond acceptors (Lipinski definition) is 10. The fourth-order valence-electron chi connectivity index (χ4n) is 16.1. The molecule has 0 spiro atoms. The molecule has 0 aromatic rings. The predicted molar refractivity (Wildman–Crippen MR) is 240 cm³/mol. The van der Waals surface area contributed by atoms with Gasteiger partial charge in [-0.1, -0.05) is 60.6 Å². The van der Waals surface area contributed by atoms with Gasteiger partial charge in [0.15, 0.2) is 9.84 Å². The van der Waals surface area contributed by atoms with Gasteiger partial charge in [-0.3, -0.25) is 14.5 Å². The Bertz CT molecular complexity index is 1840. The van der Waals surface area contributed by atoms with Crippen LogP contribution in [-0.4, -0.2) is 112 Å². The number of nitrogens with one attached hydrogen (secondary N) is 2. The SMILES string of the molecule is C=C(C)[C@@H]1CC[C@]2(NC[C@H]([C@@H](C)NC(=O)OCCOC)N3CCS(=O)(=O)CC3)CC[C@]3(C)[C@H](CC[C@@H]4[C@@]5(C)CC[C@H](OC(=O)[C@H]6C[C@@H](C(=O)O)C6(C)C)C(C)(C)[C@@H]5CC[C@]43C)[C@@H]12. The molecule has 352 valence electrons. The van der Waals surface area contributed by atoms with E-state index in [-0.39, 0.29) is 75.4 Å². The summed E-state index contributed by atoms with van der Waals surface area (Å²) in [7, 11) is -1.51. The van der Waals surface area contributed by atoms with E-state index in [0.29, 0.717) is 62.3 Å². The van der Waals surface area contributed by atoms with Crippen molar-refractivity contribution in [3.8, 4) is 0 Å². The van der Waals surface area contributed by atoms with Gasteiger partial charge in [-0.05, 0) is 136 Å². The van der Waals surface area contributed by atoms with Crippen molar-refractivity contribution < 1.29 is 42.1 Å². The van der Waals surface area contributed by atoms with Gasteiger partial charge in [0.2, 0.25) is 0 Å². The van der Waals surface area contributed by atoms with Gasteiger partial charge in [-0.25, -0.2) is 13.2 Å². The number of rotatable bonds is 13. The highest BCUT2D eigenvalue weighted by molar-refractivity contribution is 7.91. The molecule has 3 N–H and O–H groups in total. The van der Waals surface area contributed by atoms with Crippen LogP contribution in [-0.2, 0) is 33.6 Å². The van der Waals surface area contributed by atoms with Crippen molar-refractivity contribution in [2.75, 3.05) is 51.5 Å². The number of methoxy groups -OCH3 is 1. The van der Waals surface area contributed by atoms with Crippen LogP contribution in [0.25, 0.3) is 0 Å². The molecule has 13 heteroatoms. The first-order valence-electron chi connectivity index (χ1n) is 24.1. The number of fused-ring (bicyclic) bond motifs is 7. The van der Waals surface area contributed by atoms with Crippen molar-refractivity contribution in [3.63, 3.8) is 0 Å². The van der Waals surface area contributed by atoms with Gasteiger partial charge >= 0.3 is 18.0 Å². The number of carbonyl (C=O) groups excluding carboxylic acids is 2. The molecule has 0 radical (unpaired) electrons. The minimum Gasteiger partial charge on any atom is -0.481 e. The summed E-state index contributed by atoms with van der Waals surface area (Å²) < 4.78 is 42.0. The second-order valence-corrected chi connectivity index (χ2v) is 25.6. The predicted octanol–water partition coefficient (Wildman–Crippen LogP) is 7.50. The van der Waals surface area contributed by atoms with Gasteiger partial charge in [0, 0.05) is 49.8 Å². The number of carboxylic acid groups (broad SMARTS) is 1. The summed E-state index contributed by atoms with van der Waals surface area (Å²) in [6, 6.07) is -0.390. The first-order valence-corrected chi connectivity index (χ1v) is 25.9. The Hall–Kier alpha value is -2.22. The third-order valence-corrected chi connectivity index (χ3v) is 21.7. The zero-order chi connectivity index (χ0) is 45.4. The fourth-order valence-corrected chi connectivity index (χ4v) is 17.4. The highest BCUT2D eigenvalue weighted by Crippen LogP contribution is 2.76. The molecular weight excluding hydrogens is 807 g/mol. The fraction of sp³-hybridized carbons (Fsp3) is 0.898. The lowest BCUT2D eigenvalue weighted by molar-refractivity contribution is -0.248. The number of alkyl carbamates (subject to hydrolysis) is 1. The summed E-state index contributed by atoms with van der Waals surface area (Å²) in [6.45, 7) is 27.2. The Morgan fingerprint density at radius 2 is 1.53 bits per heavy atom. The van der Waals surface area contributed by atoms with Crippen LogP contribution >= 0.6 is 0 Å². The number of amides is 1. The van der Waals surface area contributed by atoms with E-state index in [1.807, 2.05) is 20.8 Å². The number of hydrogen-bond donors (Lipinski definition) is 3. The maximum Gasteiger partial charge on any atom is 0.407 e. The molecule has 0 unspecified atom stereocenters. The van der Waals surface area contributed by atoms with E-state index in [4.69, 9.17) is 14.2 Å². The Balaban J connectivity index is 1.10. The normalized spacial score (nSPS) is 42.6. The van der Waals surface area contributed by atoms with E-state index in [9.17, 15) is 27.9 Å². The molecule has 0 aromatic heterocycles. The largest absolute Gasteiger partial charge is 0.481 e. The Morgan fingerprint density at radius 1 is 0.839 bits per heavy atom. The van der Waals surface area contributed by atoms with Crippen LogP contribution in [0.5, 0.6) is 0 Å².